The van der Waals surface area contributed by atoms with Crippen LogP contribution < -0.4 is 10.6 Å². The number of aromatic nitrogens is 2. The van der Waals surface area contributed by atoms with Crippen molar-refractivity contribution in [3.8, 4) is 0 Å². The predicted octanol–water partition coefficient (Wildman–Crippen LogP) is 3.45. The van der Waals surface area contributed by atoms with Crippen LogP contribution >= 0.6 is 11.6 Å². The molecule has 0 aliphatic rings. The van der Waals surface area contributed by atoms with E-state index in [1.165, 1.54) is 0 Å². The second kappa shape index (κ2) is 7.79. The number of nitrogens with zero attached hydrogens (tertiary/aromatic N) is 3. The number of rotatable bonds is 6. The molecule has 1 heterocycles. The lowest BCUT2D eigenvalue weighted by molar-refractivity contribution is 0.102. The van der Waals surface area contributed by atoms with Gasteiger partial charge in [-0.25, -0.2) is 4.99 Å². The summed E-state index contributed by atoms with van der Waals surface area (Å²) >= 11 is 5.74. The zero-order valence-corrected chi connectivity index (χ0v) is 14.6. The molecule has 0 radical (unpaired) electrons. The van der Waals surface area contributed by atoms with E-state index in [9.17, 15) is 4.79 Å². The lowest BCUT2D eigenvalue weighted by atomic mass is 10.1. The number of nitrogens with one attached hydrogen (secondary N) is 2. The SMILES string of the molecule is C=C(N=C(C)Cl)NC(C)c1cccc(NC(=O)c2ccn(C)n2)c1. The van der Waals surface area contributed by atoms with Crippen LogP contribution in [0.25, 0.3) is 0 Å². The zero-order chi connectivity index (χ0) is 17.7. The third-order valence-electron chi connectivity index (χ3n) is 3.26. The molecule has 6 nitrogen and oxygen atoms in total. The Labute approximate surface area is 146 Å². The molecule has 2 N–H and O–H groups in total. The Morgan fingerprint density at radius 1 is 1.42 bits per heavy atom. The zero-order valence-electron chi connectivity index (χ0n) is 13.9. The molecule has 7 heteroatoms. The van der Waals surface area contributed by atoms with Crippen LogP contribution in [0, 0.1) is 0 Å². The van der Waals surface area contributed by atoms with Gasteiger partial charge in [-0.05, 0) is 37.6 Å². The first-order valence-electron chi connectivity index (χ1n) is 7.42. The number of hydrogen-bond donors (Lipinski definition) is 2. The second-order valence-electron chi connectivity index (χ2n) is 5.38. The fraction of sp³-hybridized carbons (Fsp3) is 0.235. The third kappa shape index (κ3) is 4.96. The maximum absolute atomic E-state index is 12.2. The lowest BCUT2D eigenvalue weighted by Gasteiger charge is -2.16. The number of benzene rings is 1. The van der Waals surface area contributed by atoms with E-state index >= 15 is 0 Å². The summed E-state index contributed by atoms with van der Waals surface area (Å²) in [6.45, 7) is 7.47. The van der Waals surface area contributed by atoms with Crippen molar-refractivity contribution in [1.29, 1.82) is 0 Å². The minimum Gasteiger partial charge on any atom is -0.364 e. The molecule has 0 bridgehead atoms. The predicted molar refractivity (Wildman–Crippen MR) is 97.3 cm³/mol. The third-order valence-corrected chi connectivity index (χ3v) is 3.35. The summed E-state index contributed by atoms with van der Waals surface area (Å²) in [7, 11) is 1.77. The number of anilines is 1. The van der Waals surface area contributed by atoms with Gasteiger partial charge in [0.15, 0.2) is 5.69 Å². The van der Waals surface area contributed by atoms with Crippen molar-refractivity contribution in [3.63, 3.8) is 0 Å². The topological polar surface area (TPSA) is 71.3 Å². The Morgan fingerprint density at radius 3 is 2.79 bits per heavy atom. The second-order valence-corrected chi connectivity index (χ2v) is 5.92. The van der Waals surface area contributed by atoms with Gasteiger partial charge in [-0.15, -0.1) is 0 Å². The van der Waals surface area contributed by atoms with Crippen molar-refractivity contribution in [2.24, 2.45) is 12.0 Å². The molecule has 0 fully saturated rings. The number of aryl methyl sites for hydroxylation is 1. The summed E-state index contributed by atoms with van der Waals surface area (Å²) in [5, 5.41) is 10.5. The molecule has 2 aromatic rings. The largest absolute Gasteiger partial charge is 0.364 e. The van der Waals surface area contributed by atoms with Gasteiger partial charge in [-0.3, -0.25) is 9.48 Å². The van der Waals surface area contributed by atoms with E-state index < -0.39 is 0 Å². The van der Waals surface area contributed by atoms with Crippen molar-refractivity contribution in [3.05, 3.63) is 60.2 Å². The molecule has 0 spiro atoms. The van der Waals surface area contributed by atoms with E-state index in [0.717, 1.165) is 5.56 Å². The first kappa shape index (κ1) is 17.7. The smallest absolute Gasteiger partial charge is 0.276 e. The summed E-state index contributed by atoms with van der Waals surface area (Å²) in [6, 6.07) is 9.18. The Kier molecular flexibility index (Phi) is 5.76. The van der Waals surface area contributed by atoms with Crippen LogP contribution in [-0.2, 0) is 7.05 Å². The molecule has 126 valence electrons. The summed E-state index contributed by atoms with van der Waals surface area (Å²) in [5.74, 6) is 0.234. The van der Waals surface area contributed by atoms with Crippen LogP contribution in [0.5, 0.6) is 0 Å². The molecule has 1 amide bonds. The fourth-order valence-electron chi connectivity index (χ4n) is 2.17. The lowest BCUT2D eigenvalue weighted by Crippen LogP contribution is -2.17. The van der Waals surface area contributed by atoms with Crippen LogP contribution in [-0.4, -0.2) is 20.9 Å². The molecule has 1 aromatic heterocycles. The average Bonchev–Trinajstić information content (AvgIpc) is 2.93. The minimum absolute atomic E-state index is 0.0380. The van der Waals surface area contributed by atoms with Crippen molar-refractivity contribution in [2.45, 2.75) is 19.9 Å². The molecule has 1 aromatic carbocycles. The maximum Gasteiger partial charge on any atom is 0.276 e. The molecule has 0 saturated carbocycles. The van der Waals surface area contributed by atoms with Gasteiger partial charge in [0.2, 0.25) is 0 Å². The number of halogens is 1. The standard InChI is InChI=1S/C17H20ClN5O/c1-11(19-13(3)20-12(2)18)14-6-5-7-15(10-14)21-17(24)16-8-9-23(4)22-16/h5-11,19H,3H2,1-2,4H3,(H,21,24). The van der Waals surface area contributed by atoms with Gasteiger partial charge >= 0.3 is 0 Å². The average molecular weight is 346 g/mol. The van der Waals surface area contributed by atoms with E-state index in [1.54, 1.807) is 30.9 Å². The van der Waals surface area contributed by atoms with Crippen molar-refractivity contribution < 1.29 is 4.79 Å². The normalized spacial score (nSPS) is 12.6. The van der Waals surface area contributed by atoms with Gasteiger partial charge in [0.1, 0.15) is 11.0 Å². The van der Waals surface area contributed by atoms with E-state index in [-0.39, 0.29) is 11.9 Å². The van der Waals surface area contributed by atoms with E-state index in [2.05, 4.69) is 27.3 Å². The van der Waals surface area contributed by atoms with Crippen molar-refractivity contribution in [1.82, 2.24) is 15.1 Å². The summed E-state index contributed by atoms with van der Waals surface area (Å²) in [6.07, 6.45) is 1.72. The summed E-state index contributed by atoms with van der Waals surface area (Å²) in [4.78, 5) is 16.2. The van der Waals surface area contributed by atoms with E-state index in [1.807, 2.05) is 31.2 Å². The molecular weight excluding hydrogens is 326 g/mol. The Bertz CT molecular complexity index is 777. The molecule has 1 unspecified atom stereocenters. The van der Waals surface area contributed by atoms with Crippen molar-refractivity contribution in [2.75, 3.05) is 5.32 Å². The maximum atomic E-state index is 12.2. The Balaban J connectivity index is 2.06. The van der Waals surface area contributed by atoms with Gasteiger partial charge < -0.3 is 10.6 Å². The van der Waals surface area contributed by atoms with Gasteiger partial charge in [0.25, 0.3) is 5.91 Å². The molecule has 24 heavy (non-hydrogen) atoms. The summed E-state index contributed by atoms with van der Waals surface area (Å²) in [5.41, 5.74) is 2.05. The molecule has 0 saturated heterocycles. The molecule has 1 atom stereocenters. The molecule has 0 aliphatic heterocycles. The fourth-order valence-corrected chi connectivity index (χ4v) is 2.27. The molecule has 0 aliphatic carbocycles. The van der Waals surface area contributed by atoms with Gasteiger partial charge in [0.05, 0.1) is 0 Å². The highest BCUT2D eigenvalue weighted by molar-refractivity contribution is 6.64. The van der Waals surface area contributed by atoms with Gasteiger partial charge in [0, 0.05) is 25.0 Å². The first-order chi connectivity index (χ1) is 11.3. The number of amides is 1. The van der Waals surface area contributed by atoms with Gasteiger partial charge in [-0.1, -0.05) is 30.3 Å². The highest BCUT2D eigenvalue weighted by Crippen LogP contribution is 2.19. The Morgan fingerprint density at radius 2 is 2.17 bits per heavy atom. The van der Waals surface area contributed by atoms with Crippen LogP contribution in [0.2, 0.25) is 0 Å². The molecular formula is C17H20ClN5O. The van der Waals surface area contributed by atoms with E-state index in [0.29, 0.717) is 22.4 Å². The van der Waals surface area contributed by atoms with E-state index in [4.69, 9.17) is 11.6 Å². The van der Waals surface area contributed by atoms with Crippen LogP contribution in [0.15, 0.2) is 53.9 Å². The Hall–Kier alpha value is -2.60. The van der Waals surface area contributed by atoms with Crippen LogP contribution in [0.3, 0.4) is 0 Å². The summed E-state index contributed by atoms with van der Waals surface area (Å²) < 4.78 is 1.59. The number of aliphatic imine (C=N–C) groups is 1. The number of carbonyl (C=O) groups excluding carboxylic acids is 1. The molecule has 2 rings (SSSR count). The number of hydrogen-bond acceptors (Lipinski definition) is 4. The quantitative estimate of drug-likeness (QED) is 0.788. The minimum atomic E-state index is -0.250. The highest BCUT2D eigenvalue weighted by atomic mass is 35.5. The van der Waals surface area contributed by atoms with Crippen LogP contribution in [0.1, 0.15) is 35.9 Å². The first-order valence-corrected chi connectivity index (χ1v) is 7.80. The highest BCUT2D eigenvalue weighted by Gasteiger charge is 2.11. The van der Waals surface area contributed by atoms with Crippen molar-refractivity contribution >= 4 is 28.4 Å². The van der Waals surface area contributed by atoms with Gasteiger partial charge in [-0.2, -0.15) is 5.10 Å². The number of carbonyl (C=O) groups is 1. The van der Waals surface area contributed by atoms with Crippen LogP contribution in [0.4, 0.5) is 5.69 Å². The monoisotopic (exact) mass is 345 g/mol.